The second kappa shape index (κ2) is 4.91. The Morgan fingerprint density at radius 2 is 2.33 bits per heavy atom. The molecule has 0 saturated heterocycles. The summed E-state index contributed by atoms with van der Waals surface area (Å²) in [5, 5.41) is 20.4. The molecule has 0 spiro atoms. The Balaban J connectivity index is 2.75. The lowest BCUT2D eigenvalue weighted by atomic mass is 10.1. The number of nitrogens with one attached hydrogen (secondary N) is 1. The van der Waals surface area contributed by atoms with Crippen molar-refractivity contribution in [3.63, 3.8) is 0 Å². The summed E-state index contributed by atoms with van der Waals surface area (Å²) in [6, 6.07) is 7.67. The molecule has 0 radical (unpaired) electrons. The summed E-state index contributed by atoms with van der Waals surface area (Å²) in [6.07, 6.45) is 5.21. The number of carboxylic acid groups (broad SMARTS) is 1. The summed E-state index contributed by atoms with van der Waals surface area (Å²) < 4.78 is 0. The fourth-order valence-corrected chi connectivity index (χ4v) is 1.22. The SMILES string of the molecule is C#CN[C@@H](Cc1cccc(O)c1)C(=O)O. The normalized spacial score (nSPS) is 11.4. The number of benzene rings is 1. The van der Waals surface area contributed by atoms with Crippen molar-refractivity contribution < 1.29 is 15.0 Å². The number of hydrogen-bond donors (Lipinski definition) is 3. The van der Waals surface area contributed by atoms with Gasteiger partial charge in [-0.3, -0.25) is 0 Å². The van der Waals surface area contributed by atoms with E-state index in [2.05, 4.69) is 11.4 Å². The van der Waals surface area contributed by atoms with Crippen LogP contribution in [0.3, 0.4) is 0 Å². The van der Waals surface area contributed by atoms with E-state index in [1.807, 2.05) is 0 Å². The number of hydrogen-bond acceptors (Lipinski definition) is 3. The summed E-state index contributed by atoms with van der Waals surface area (Å²) in [7, 11) is 0. The Labute approximate surface area is 87.6 Å². The van der Waals surface area contributed by atoms with Gasteiger partial charge in [-0.1, -0.05) is 18.6 Å². The molecule has 0 amide bonds. The van der Waals surface area contributed by atoms with E-state index in [9.17, 15) is 9.90 Å². The molecule has 1 aromatic carbocycles. The molecule has 4 heteroatoms. The maximum atomic E-state index is 10.8. The van der Waals surface area contributed by atoms with Gasteiger partial charge in [-0.25, -0.2) is 4.79 Å². The number of aliphatic carboxylic acids is 1. The Morgan fingerprint density at radius 1 is 1.60 bits per heavy atom. The first-order valence-corrected chi connectivity index (χ1v) is 4.35. The van der Waals surface area contributed by atoms with Crippen molar-refractivity contribution in [1.29, 1.82) is 0 Å². The van der Waals surface area contributed by atoms with Crippen LogP contribution in [0.25, 0.3) is 0 Å². The van der Waals surface area contributed by atoms with E-state index in [4.69, 9.17) is 11.5 Å². The van der Waals surface area contributed by atoms with Crippen LogP contribution in [-0.4, -0.2) is 22.2 Å². The maximum absolute atomic E-state index is 10.8. The van der Waals surface area contributed by atoms with Crippen LogP contribution < -0.4 is 5.32 Å². The van der Waals surface area contributed by atoms with E-state index in [0.29, 0.717) is 5.56 Å². The van der Waals surface area contributed by atoms with Crippen molar-refractivity contribution in [2.45, 2.75) is 12.5 Å². The van der Waals surface area contributed by atoms with Crippen LogP contribution >= 0.6 is 0 Å². The standard InChI is InChI=1S/C11H11NO3/c1-2-12-10(11(14)15)7-8-4-3-5-9(13)6-8/h1,3-6,10,12-13H,7H2,(H,14,15)/t10-/m0/s1. The average Bonchev–Trinajstić information content (AvgIpc) is 2.17. The molecule has 1 atom stereocenters. The largest absolute Gasteiger partial charge is 0.508 e. The molecule has 3 N–H and O–H groups in total. The lowest BCUT2D eigenvalue weighted by Crippen LogP contribution is -2.35. The lowest BCUT2D eigenvalue weighted by molar-refractivity contribution is -0.139. The summed E-state index contributed by atoms with van der Waals surface area (Å²) in [6.45, 7) is 0. The summed E-state index contributed by atoms with van der Waals surface area (Å²) in [4.78, 5) is 10.8. The minimum absolute atomic E-state index is 0.109. The molecule has 0 bridgehead atoms. The number of carboxylic acids is 1. The van der Waals surface area contributed by atoms with Crippen molar-refractivity contribution in [2.24, 2.45) is 0 Å². The van der Waals surface area contributed by atoms with E-state index in [0.717, 1.165) is 0 Å². The van der Waals surface area contributed by atoms with Gasteiger partial charge in [0.05, 0.1) is 0 Å². The first-order valence-electron chi connectivity index (χ1n) is 4.35. The molecule has 0 aromatic heterocycles. The zero-order valence-corrected chi connectivity index (χ0v) is 7.97. The van der Waals surface area contributed by atoms with Crippen molar-refractivity contribution in [1.82, 2.24) is 5.32 Å². The molecule has 4 nitrogen and oxygen atoms in total. The maximum Gasteiger partial charge on any atom is 0.327 e. The molecule has 0 heterocycles. The summed E-state index contributed by atoms with van der Waals surface area (Å²) in [5.41, 5.74) is 0.713. The van der Waals surface area contributed by atoms with Gasteiger partial charge in [0.1, 0.15) is 11.8 Å². The smallest absolute Gasteiger partial charge is 0.327 e. The minimum Gasteiger partial charge on any atom is -0.508 e. The van der Waals surface area contributed by atoms with Crippen LogP contribution in [0, 0.1) is 12.5 Å². The Hall–Kier alpha value is -2.15. The van der Waals surface area contributed by atoms with Crippen molar-refractivity contribution in [2.75, 3.05) is 0 Å². The molecule has 78 valence electrons. The zero-order chi connectivity index (χ0) is 11.3. The van der Waals surface area contributed by atoms with E-state index in [-0.39, 0.29) is 12.2 Å². The summed E-state index contributed by atoms with van der Waals surface area (Å²) in [5.74, 6) is -0.909. The highest BCUT2D eigenvalue weighted by Crippen LogP contribution is 2.12. The number of carbonyl (C=O) groups is 1. The van der Waals surface area contributed by atoms with Crippen LogP contribution in [0.5, 0.6) is 5.75 Å². The Bertz CT molecular complexity index is 395. The second-order valence-electron chi connectivity index (χ2n) is 3.05. The molecular weight excluding hydrogens is 194 g/mol. The molecule has 1 aromatic rings. The number of terminal acetylenes is 1. The fraction of sp³-hybridized carbons (Fsp3) is 0.182. The van der Waals surface area contributed by atoms with Gasteiger partial charge >= 0.3 is 5.97 Å². The monoisotopic (exact) mass is 205 g/mol. The molecule has 0 saturated carbocycles. The molecule has 1 rings (SSSR count). The van der Waals surface area contributed by atoms with Crippen LogP contribution in [0.1, 0.15) is 5.56 Å². The molecule has 0 aliphatic rings. The predicted octanol–water partition coefficient (Wildman–Crippen LogP) is 0.568. The third-order valence-electron chi connectivity index (χ3n) is 1.91. The van der Waals surface area contributed by atoms with Gasteiger partial charge < -0.3 is 15.5 Å². The highest BCUT2D eigenvalue weighted by Gasteiger charge is 2.16. The van der Waals surface area contributed by atoms with Crippen molar-refractivity contribution in [3.8, 4) is 18.2 Å². The first kappa shape index (κ1) is 10.9. The fourth-order valence-electron chi connectivity index (χ4n) is 1.22. The van der Waals surface area contributed by atoms with Gasteiger partial charge in [-0.2, -0.15) is 0 Å². The number of phenolic OH excluding ortho intramolecular Hbond substituents is 1. The van der Waals surface area contributed by atoms with Crippen molar-refractivity contribution >= 4 is 5.97 Å². The molecule has 0 aliphatic carbocycles. The van der Waals surface area contributed by atoms with Crippen LogP contribution in [0.4, 0.5) is 0 Å². The minimum atomic E-state index is -1.02. The van der Waals surface area contributed by atoms with Crippen LogP contribution in [0.2, 0.25) is 0 Å². The summed E-state index contributed by atoms with van der Waals surface area (Å²) >= 11 is 0. The lowest BCUT2D eigenvalue weighted by Gasteiger charge is -2.10. The number of aromatic hydroxyl groups is 1. The molecule has 0 aliphatic heterocycles. The molecule has 0 fully saturated rings. The van der Waals surface area contributed by atoms with Gasteiger partial charge in [-0.15, -0.1) is 0 Å². The third-order valence-corrected chi connectivity index (χ3v) is 1.91. The van der Waals surface area contributed by atoms with Gasteiger partial charge in [0.25, 0.3) is 0 Å². The van der Waals surface area contributed by atoms with E-state index >= 15 is 0 Å². The first-order chi connectivity index (χ1) is 7.13. The van der Waals surface area contributed by atoms with Gasteiger partial charge in [0.15, 0.2) is 0 Å². The Morgan fingerprint density at radius 3 is 2.87 bits per heavy atom. The molecular formula is C11H11NO3. The highest BCUT2D eigenvalue weighted by atomic mass is 16.4. The third kappa shape index (κ3) is 3.24. The van der Waals surface area contributed by atoms with E-state index in [1.54, 1.807) is 12.1 Å². The Kier molecular flexibility index (Phi) is 3.58. The molecule has 15 heavy (non-hydrogen) atoms. The van der Waals surface area contributed by atoms with Gasteiger partial charge in [-0.05, 0) is 17.7 Å². The van der Waals surface area contributed by atoms with Crippen LogP contribution in [-0.2, 0) is 11.2 Å². The average molecular weight is 205 g/mol. The van der Waals surface area contributed by atoms with Gasteiger partial charge in [0, 0.05) is 12.5 Å². The van der Waals surface area contributed by atoms with E-state index in [1.165, 1.54) is 12.1 Å². The van der Waals surface area contributed by atoms with E-state index < -0.39 is 12.0 Å². The highest BCUT2D eigenvalue weighted by molar-refractivity contribution is 5.74. The molecule has 0 unspecified atom stereocenters. The predicted molar refractivity (Wildman–Crippen MR) is 55.2 cm³/mol. The van der Waals surface area contributed by atoms with Crippen molar-refractivity contribution in [3.05, 3.63) is 29.8 Å². The number of rotatable bonds is 4. The topological polar surface area (TPSA) is 69.6 Å². The van der Waals surface area contributed by atoms with Gasteiger partial charge in [0.2, 0.25) is 0 Å². The quantitative estimate of drug-likeness (QED) is 0.496. The second-order valence-corrected chi connectivity index (χ2v) is 3.05. The van der Waals surface area contributed by atoms with Crippen LogP contribution in [0.15, 0.2) is 24.3 Å². The number of phenols is 1. The zero-order valence-electron chi connectivity index (χ0n) is 7.97.